The van der Waals surface area contributed by atoms with Gasteiger partial charge in [-0.15, -0.1) is 0 Å². The Morgan fingerprint density at radius 3 is 2.68 bits per heavy atom. The van der Waals surface area contributed by atoms with Crippen molar-refractivity contribution in [2.45, 2.75) is 46.6 Å². The van der Waals surface area contributed by atoms with E-state index in [0.717, 1.165) is 28.3 Å². The van der Waals surface area contributed by atoms with Crippen LogP contribution in [0.2, 0.25) is 0 Å². The maximum Gasteiger partial charge on any atom is 0.157 e. The van der Waals surface area contributed by atoms with E-state index in [1.807, 2.05) is 24.9 Å². The fourth-order valence-corrected chi connectivity index (χ4v) is 2.33. The Kier molecular flexibility index (Phi) is 4.08. The summed E-state index contributed by atoms with van der Waals surface area (Å²) in [6.45, 7) is 8.78. The molecule has 4 nitrogen and oxygen atoms in total. The lowest BCUT2D eigenvalue weighted by atomic mass is 10.0. The molecule has 0 bridgehead atoms. The number of nitrogens with one attached hydrogen (secondary N) is 1. The summed E-state index contributed by atoms with van der Waals surface area (Å²) in [6, 6.07) is 2.62. The molecule has 0 aromatic carbocycles. The number of pyridine rings is 1. The van der Waals surface area contributed by atoms with Crippen LogP contribution in [0.15, 0.2) is 12.3 Å². The molecular weight excluding hydrogens is 236 g/mol. The molecule has 1 unspecified atom stereocenters. The Labute approximate surface area is 115 Å². The van der Waals surface area contributed by atoms with Gasteiger partial charge >= 0.3 is 0 Å². The number of aromatic nitrogens is 3. The highest BCUT2D eigenvalue weighted by Crippen LogP contribution is 2.20. The Morgan fingerprint density at radius 2 is 2.00 bits per heavy atom. The van der Waals surface area contributed by atoms with Crippen molar-refractivity contribution in [1.82, 2.24) is 14.8 Å². The lowest BCUT2D eigenvalue weighted by Crippen LogP contribution is -2.15. The number of fused-ring (bicyclic) bond motifs is 1. The van der Waals surface area contributed by atoms with Gasteiger partial charge in [0.1, 0.15) is 0 Å². The third-order valence-electron chi connectivity index (χ3n) is 3.45. The van der Waals surface area contributed by atoms with Gasteiger partial charge in [-0.3, -0.25) is 4.68 Å². The van der Waals surface area contributed by atoms with Gasteiger partial charge in [0.25, 0.3) is 0 Å². The van der Waals surface area contributed by atoms with Crippen molar-refractivity contribution in [2.75, 3.05) is 5.32 Å². The molecule has 0 aliphatic heterocycles. The normalized spacial score (nSPS) is 13.2. The van der Waals surface area contributed by atoms with E-state index in [1.54, 1.807) is 0 Å². The van der Waals surface area contributed by atoms with Crippen LogP contribution in [0.1, 0.15) is 39.3 Å². The first kappa shape index (κ1) is 13.8. The first-order chi connectivity index (χ1) is 8.97. The molecule has 104 valence electrons. The summed E-state index contributed by atoms with van der Waals surface area (Å²) in [5.41, 5.74) is 3.06. The SMILES string of the molecule is Cc1nn(C)c2ncc(NC(C)CCC(C)C)cc12. The monoisotopic (exact) mass is 260 g/mol. The molecule has 4 heteroatoms. The lowest BCUT2D eigenvalue weighted by molar-refractivity contribution is 0.527. The Hall–Kier alpha value is -1.58. The molecule has 1 atom stereocenters. The van der Waals surface area contributed by atoms with Crippen molar-refractivity contribution < 1.29 is 0 Å². The molecule has 2 heterocycles. The standard InChI is InChI=1S/C15H24N4/c1-10(2)6-7-11(3)17-13-8-14-12(4)18-19(5)15(14)16-9-13/h8-11,17H,6-7H2,1-5H3. The van der Waals surface area contributed by atoms with E-state index in [1.165, 1.54) is 12.8 Å². The maximum absolute atomic E-state index is 4.49. The molecule has 0 saturated heterocycles. The van der Waals surface area contributed by atoms with E-state index in [4.69, 9.17) is 0 Å². The average molecular weight is 260 g/mol. The van der Waals surface area contributed by atoms with E-state index in [-0.39, 0.29) is 0 Å². The molecule has 0 aliphatic rings. The van der Waals surface area contributed by atoms with Gasteiger partial charge in [0.05, 0.1) is 17.6 Å². The van der Waals surface area contributed by atoms with E-state index in [9.17, 15) is 0 Å². The molecule has 2 aromatic heterocycles. The van der Waals surface area contributed by atoms with Crippen LogP contribution in [0.4, 0.5) is 5.69 Å². The van der Waals surface area contributed by atoms with Gasteiger partial charge in [0.2, 0.25) is 0 Å². The molecule has 0 aliphatic carbocycles. The first-order valence-electron chi connectivity index (χ1n) is 7.03. The number of rotatable bonds is 5. The minimum absolute atomic E-state index is 0.471. The maximum atomic E-state index is 4.49. The first-order valence-corrected chi connectivity index (χ1v) is 7.03. The van der Waals surface area contributed by atoms with Crippen LogP contribution in [-0.4, -0.2) is 20.8 Å². The highest BCUT2D eigenvalue weighted by molar-refractivity contribution is 5.81. The van der Waals surface area contributed by atoms with Crippen LogP contribution in [0, 0.1) is 12.8 Å². The summed E-state index contributed by atoms with van der Waals surface area (Å²) < 4.78 is 1.83. The summed E-state index contributed by atoms with van der Waals surface area (Å²) in [7, 11) is 1.93. The molecule has 19 heavy (non-hydrogen) atoms. The van der Waals surface area contributed by atoms with Crippen LogP contribution in [0.5, 0.6) is 0 Å². The molecule has 0 spiro atoms. The third kappa shape index (κ3) is 3.25. The van der Waals surface area contributed by atoms with Crippen LogP contribution < -0.4 is 5.32 Å². The van der Waals surface area contributed by atoms with Gasteiger partial charge in [-0.1, -0.05) is 13.8 Å². The summed E-state index contributed by atoms with van der Waals surface area (Å²) in [5.74, 6) is 0.755. The van der Waals surface area contributed by atoms with Gasteiger partial charge in [-0.25, -0.2) is 4.98 Å². The topological polar surface area (TPSA) is 42.7 Å². The molecule has 2 aromatic rings. The second-order valence-corrected chi connectivity index (χ2v) is 5.82. The summed E-state index contributed by atoms with van der Waals surface area (Å²) in [5, 5.41) is 9.05. The van der Waals surface area contributed by atoms with Gasteiger partial charge in [-0.2, -0.15) is 5.10 Å². The fraction of sp³-hybridized carbons (Fsp3) is 0.600. The average Bonchev–Trinajstić information content (AvgIpc) is 2.62. The second kappa shape index (κ2) is 5.59. The van der Waals surface area contributed by atoms with Gasteiger partial charge in [0.15, 0.2) is 5.65 Å². The van der Waals surface area contributed by atoms with E-state index in [2.05, 4.69) is 42.2 Å². The van der Waals surface area contributed by atoms with Crippen molar-refractivity contribution in [3.63, 3.8) is 0 Å². The Balaban J connectivity index is 2.11. The minimum atomic E-state index is 0.471. The van der Waals surface area contributed by atoms with Crippen molar-refractivity contribution in [3.05, 3.63) is 18.0 Å². The molecule has 1 N–H and O–H groups in total. The van der Waals surface area contributed by atoms with Crippen LogP contribution >= 0.6 is 0 Å². The summed E-state index contributed by atoms with van der Waals surface area (Å²) >= 11 is 0. The molecule has 0 fully saturated rings. The van der Waals surface area contributed by atoms with Crippen LogP contribution in [-0.2, 0) is 7.05 Å². The predicted octanol–water partition coefficient (Wildman–Crippen LogP) is 3.51. The molecule has 0 saturated carbocycles. The van der Waals surface area contributed by atoms with Crippen molar-refractivity contribution in [3.8, 4) is 0 Å². The van der Waals surface area contributed by atoms with Crippen LogP contribution in [0.25, 0.3) is 11.0 Å². The van der Waals surface area contributed by atoms with Gasteiger partial charge in [0, 0.05) is 18.5 Å². The Morgan fingerprint density at radius 1 is 1.26 bits per heavy atom. The molecular formula is C15H24N4. The number of anilines is 1. The summed E-state index contributed by atoms with van der Waals surface area (Å²) in [4.78, 5) is 4.49. The van der Waals surface area contributed by atoms with Gasteiger partial charge < -0.3 is 5.32 Å². The highest BCUT2D eigenvalue weighted by Gasteiger charge is 2.09. The second-order valence-electron chi connectivity index (χ2n) is 5.82. The third-order valence-corrected chi connectivity index (χ3v) is 3.45. The zero-order chi connectivity index (χ0) is 14.0. The lowest BCUT2D eigenvalue weighted by Gasteiger charge is -2.16. The molecule has 0 amide bonds. The van der Waals surface area contributed by atoms with Gasteiger partial charge in [-0.05, 0) is 38.7 Å². The van der Waals surface area contributed by atoms with E-state index in [0.29, 0.717) is 6.04 Å². The number of nitrogens with zero attached hydrogens (tertiary/aromatic N) is 3. The zero-order valence-electron chi connectivity index (χ0n) is 12.6. The predicted molar refractivity (Wildman–Crippen MR) is 80.4 cm³/mol. The highest BCUT2D eigenvalue weighted by atomic mass is 15.3. The van der Waals surface area contributed by atoms with Crippen molar-refractivity contribution in [2.24, 2.45) is 13.0 Å². The number of aryl methyl sites for hydroxylation is 2. The van der Waals surface area contributed by atoms with E-state index < -0.39 is 0 Å². The smallest absolute Gasteiger partial charge is 0.157 e. The zero-order valence-corrected chi connectivity index (χ0v) is 12.6. The summed E-state index contributed by atoms with van der Waals surface area (Å²) in [6.07, 6.45) is 4.33. The van der Waals surface area contributed by atoms with Crippen molar-refractivity contribution >= 4 is 16.7 Å². The molecule has 0 radical (unpaired) electrons. The van der Waals surface area contributed by atoms with E-state index >= 15 is 0 Å². The minimum Gasteiger partial charge on any atom is -0.381 e. The Bertz CT molecular complexity index is 557. The van der Waals surface area contributed by atoms with Crippen molar-refractivity contribution in [1.29, 1.82) is 0 Å². The fourth-order valence-electron chi connectivity index (χ4n) is 2.33. The number of hydrogen-bond donors (Lipinski definition) is 1. The number of hydrogen-bond acceptors (Lipinski definition) is 3. The quantitative estimate of drug-likeness (QED) is 0.894. The van der Waals surface area contributed by atoms with Crippen LogP contribution in [0.3, 0.4) is 0 Å². The molecule has 2 rings (SSSR count). The largest absolute Gasteiger partial charge is 0.381 e.